The van der Waals surface area contributed by atoms with Crippen LogP contribution in [0.2, 0.25) is 0 Å². The normalized spacial score (nSPS) is 19.8. The molecule has 1 aliphatic heterocycles. The second kappa shape index (κ2) is 6.62. The molecule has 1 aromatic heterocycles. The molecule has 2 heterocycles. The molecule has 0 unspecified atom stereocenters. The van der Waals surface area contributed by atoms with E-state index in [-0.39, 0.29) is 17.0 Å². The predicted octanol–water partition coefficient (Wildman–Crippen LogP) is 2.18. The Morgan fingerprint density at radius 3 is 2.73 bits per heavy atom. The number of imide groups is 1. The number of carbonyl (C=O) groups excluding carboxylic acids is 2. The molecule has 0 bridgehead atoms. The number of urea groups is 1. The summed E-state index contributed by atoms with van der Waals surface area (Å²) in [5.74, 6) is -1.71. The summed E-state index contributed by atoms with van der Waals surface area (Å²) in [6.07, 6.45) is 4.10. The number of ether oxygens (including phenoxy) is 1. The Bertz CT molecular complexity index is 850. The van der Waals surface area contributed by atoms with Gasteiger partial charge < -0.3 is 10.1 Å². The van der Waals surface area contributed by atoms with E-state index in [4.69, 9.17) is 0 Å². The molecule has 0 saturated carbocycles. The minimum absolute atomic E-state index is 0.0720. The van der Waals surface area contributed by atoms with Crippen molar-refractivity contribution in [3.8, 4) is 5.75 Å². The maximum Gasteiger partial charge on any atom is 0.387 e. The van der Waals surface area contributed by atoms with E-state index in [9.17, 15) is 22.8 Å². The molecule has 136 valence electrons. The van der Waals surface area contributed by atoms with Gasteiger partial charge in [-0.25, -0.2) is 9.18 Å². The number of aromatic nitrogens is 2. The first kappa shape index (κ1) is 17.6. The lowest BCUT2D eigenvalue weighted by Gasteiger charge is -2.21. The fourth-order valence-corrected chi connectivity index (χ4v) is 2.62. The van der Waals surface area contributed by atoms with E-state index >= 15 is 0 Å². The molecule has 0 spiro atoms. The van der Waals surface area contributed by atoms with Crippen molar-refractivity contribution >= 4 is 11.9 Å². The molecule has 10 heteroatoms. The number of hydrogen-bond donors (Lipinski definition) is 1. The number of carbonyl (C=O) groups is 2. The molecule has 1 aliphatic rings. The van der Waals surface area contributed by atoms with E-state index in [1.807, 2.05) is 0 Å². The minimum atomic E-state index is -3.13. The average Bonchev–Trinajstić information content (AvgIpc) is 2.82. The second-order valence-electron chi connectivity index (χ2n) is 5.67. The summed E-state index contributed by atoms with van der Waals surface area (Å²) in [4.78, 5) is 33.7. The molecule has 1 saturated heterocycles. The van der Waals surface area contributed by atoms with Crippen LogP contribution < -0.4 is 10.1 Å². The van der Waals surface area contributed by atoms with Crippen LogP contribution >= 0.6 is 0 Å². The Labute approximate surface area is 145 Å². The summed E-state index contributed by atoms with van der Waals surface area (Å²) in [5, 5.41) is 2.49. The molecule has 1 fully saturated rings. The Hall–Kier alpha value is -3.17. The molecule has 3 rings (SSSR count). The Morgan fingerprint density at radius 1 is 1.31 bits per heavy atom. The van der Waals surface area contributed by atoms with Gasteiger partial charge in [0.05, 0.1) is 18.4 Å². The van der Waals surface area contributed by atoms with Crippen LogP contribution in [-0.4, -0.2) is 33.4 Å². The zero-order valence-electron chi connectivity index (χ0n) is 13.4. The Balaban J connectivity index is 1.91. The molecule has 0 aliphatic carbocycles. The Morgan fingerprint density at radius 2 is 2.08 bits per heavy atom. The summed E-state index contributed by atoms with van der Waals surface area (Å²) in [7, 11) is 0. The van der Waals surface area contributed by atoms with Crippen molar-refractivity contribution in [3.63, 3.8) is 0 Å². The number of rotatable bonds is 5. The fourth-order valence-electron chi connectivity index (χ4n) is 2.62. The zero-order chi connectivity index (χ0) is 18.9. The van der Waals surface area contributed by atoms with Gasteiger partial charge in [-0.05, 0) is 25.1 Å². The van der Waals surface area contributed by atoms with Gasteiger partial charge in [-0.15, -0.1) is 0 Å². The van der Waals surface area contributed by atoms with Crippen LogP contribution in [0.5, 0.6) is 5.75 Å². The number of amides is 3. The maximum atomic E-state index is 13.5. The number of halogens is 3. The number of hydrogen-bond acceptors (Lipinski definition) is 5. The van der Waals surface area contributed by atoms with Gasteiger partial charge in [0, 0.05) is 18.0 Å². The van der Waals surface area contributed by atoms with Gasteiger partial charge >= 0.3 is 12.6 Å². The largest absolute Gasteiger partial charge is 0.434 e. The number of nitrogens with one attached hydrogen (secondary N) is 1. The van der Waals surface area contributed by atoms with Crippen molar-refractivity contribution in [1.29, 1.82) is 0 Å². The maximum absolute atomic E-state index is 13.5. The van der Waals surface area contributed by atoms with E-state index in [2.05, 4.69) is 20.0 Å². The summed E-state index contributed by atoms with van der Waals surface area (Å²) < 4.78 is 42.9. The molecular weight excluding hydrogens is 353 g/mol. The van der Waals surface area contributed by atoms with Gasteiger partial charge in [0.15, 0.2) is 5.54 Å². The summed E-state index contributed by atoms with van der Waals surface area (Å²) in [6, 6.07) is 2.11. The van der Waals surface area contributed by atoms with E-state index in [1.54, 1.807) is 0 Å². The van der Waals surface area contributed by atoms with Gasteiger partial charge in [-0.1, -0.05) is 0 Å². The van der Waals surface area contributed by atoms with Crippen LogP contribution in [0.1, 0.15) is 18.2 Å². The van der Waals surface area contributed by atoms with E-state index in [1.165, 1.54) is 25.5 Å². The molecule has 1 N–H and O–H groups in total. The lowest BCUT2D eigenvalue weighted by Crippen LogP contribution is -2.41. The van der Waals surface area contributed by atoms with Crippen molar-refractivity contribution in [2.45, 2.75) is 25.6 Å². The molecular formula is C16H13F3N4O3. The van der Waals surface area contributed by atoms with Crippen LogP contribution in [0, 0.1) is 5.82 Å². The minimum Gasteiger partial charge on any atom is -0.434 e. The quantitative estimate of drug-likeness (QED) is 0.820. The molecule has 3 amide bonds. The molecule has 7 nitrogen and oxygen atoms in total. The summed E-state index contributed by atoms with van der Waals surface area (Å²) in [6.45, 7) is -2.13. The van der Waals surface area contributed by atoms with Crippen molar-refractivity contribution < 1.29 is 27.5 Å². The van der Waals surface area contributed by atoms with Crippen LogP contribution in [0.4, 0.5) is 18.0 Å². The van der Waals surface area contributed by atoms with Crippen molar-refractivity contribution in [2.75, 3.05) is 0 Å². The monoisotopic (exact) mass is 366 g/mol. The van der Waals surface area contributed by atoms with Crippen LogP contribution in [0.3, 0.4) is 0 Å². The number of alkyl halides is 2. The summed E-state index contributed by atoms with van der Waals surface area (Å²) >= 11 is 0. The SMILES string of the molecule is C[C@]1(c2cnccn2)NC(=O)N(Cc2cc(F)ccc2OC(F)F)C1=O. The molecule has 2 aromatic rings. The van der Waals surface area contributed by atoms with E-state index < -0.39 is 36.5 Å². The highest BCUT2D eigenvalue weighted by Gasteiger charge is 2.50. The third-order valence-corrected chi connectivity index (χ3v) is 3.92. The first-order chi connectivity index (χ1) is 12.3. The van der Waals surface area contributed by atoms with Gasteiger partial charge in [0.25, 0.3) is 5.91 Å². The van der Waals surface area contributed by atoms with Crippen molar-refractivity contribution in [1.82, 2.24) is 20.2 Å². The van der Waals surface area contributed by atoms with Gasteiger partial charge in [-0.3, -0.25) is 19.7 Å². The average molecular weight is 366 g/mol. The lowest BCUT2D eigenvalue weighted by molar-refractivity contribution is -0.131. The van der Waals surface area contributed by atoms with Gasteiger partial charge in [0.1, 0.15) is 11.6 Å². The van der Waals surface area contributed by atoms with E-state index in [0.717, 1.165) is 23.1 Å². The van der Waals surface area contributed by atoms with Crippen LogP contribution in [0.25, 0.3) is 0 Å². The zero-order valence-corrected chi connectivity index (χ0v) is 13.4. The third kappa shape index (κ3) is 3.17. The molecule has 1 atom stereocenters. The lowest BCUT2D eigenvalue weighted by atomic mass is 9.98. The second-order valence-corrected chi connectivity index (χ2v) is 5.67. The number of benzene rings is 1. The highest BCUT2D eigenvalue weighted by molar-refractivity contribution is 6.06. The van der Waals surface area contributed by atoms with Gasteiger partial charge in [0.2, 0.25) is 0 Å². The first-order valence-corrected chi connectivity index (χ1v) is 7.45. The fraction of sp³-hybridized carbons (Fsp3) is 0.250. The van der Waals surface area contributed by atoms with Crippen LogP contribution in [0.15, 0.2) is 36.8 Å². The standard InChI is InChI=1S/C16H13F3N4O3/c1-16(12-7-20-4-5-21-12)13(24)23(15(25)22-16)8-9-6-10(17)2-3-11(9)26-14(18)19/h2-7,14H,8H2,1H3,(H,22,25)/t16-/m1/s1. The predicted molar refractivity (Wildman–Crippen MR) is 81.5 cm³/mol. The van der Waals surface area contributed by atoms with Gasteiger partial charge in [-0.2, -0.15) is 8.78 Å². The van der Waals surface area contributed by atoms with Crippen molar-refractivity contribution in [2.24, 2.45) is 0 Å². The molecule has 0 radical (unpaired) electrons. The third-order valence-electron chi connectivity index (χ3n) is 3.92. The topological polar surface area (TPSA) is 84.4 Å². The summed E-state index contributed by atoms with van der Waals surface area (Å²) in [5.41, 5.74) is -1.33. The molecule has 1 aromatic carbocycles. The first-order valence-electron chi connectivity index (χ1n) is 7.45. The van der Waals surface area contributed by atoms with E-state index in [0.29, 0.717) is 0 Å². The Kier molecular flexibility index (Phi) is 4.49. The van der Waals surface area contributed by atoms with Crippen LogP contribution in [-0.2, 0) is 16.9 Å². The molecule has 26 heavy (non-hydrogen) atoms. The highest BCUT2D eigenvalue weighted by Crippen LogP contribution is 2.30. The highest BCUT2D eigenvalue weighted by atomic mass is 19.3. The smallest absolute Gasteiger partial charge is 0.387 e. The number of nitrogens with zero attached hydrogens (tertiary/aromatic N) is 3. The van der Waals surface area contributed by atoms with Crippen molar-refractivity contribution in [3.05, 3.63) is 53.9 Å².